The molecule has 1 aromatic carbocycles. The van der Waals surface area contributed by atoms with Crippen LogP contribution in [0, 0.1) is 17.8 Å². The number of benzene rings is 1. The average Bonchev–Trinajstić information content (AvgIpc) is 3.22. The molecule has 1 N–H and O–H groups in total. The highest BCUT2D eigenvalue weighted by atomic mass is 35.5. The van der Waals surface area contributed by atoms with E-state index in [1.54, 1.807) is 28.0 Å². The Hall–Kier alpha value is -2.29. The van der Waals surface area contributed by atoms with Crippen molar-refractivity contribution in [3.63, 3.8) is 0 Å². The number of rotatable bonds is 5. The molecule has 4 aliphatic heterocycles. The van der Waals surface area contributed by atoms with Gasteiger partial charge in [0, 0.05) is 11.8 Å². The highest BCUT2D eigenvalue weighted by Crippen LogP contribution is 2.61. The van der Waals surface area contributed by atoms with Gasteiger partial charge in [-0.15, -0.1) is 11.8 Å². The molecule has 192 valence electrons. The van der Waals surface area contributed by atoms with E-state index in [1.807, 2.05) is 44.2 Å². The summed E-state index contributed by atoms with van der Waals surface area (Å²) in [6.07, 6.45) is 8.99. The molecule has 0 bridgehead atoms. The van der Waals surface area contributed by atoms with Gasteiger partial charge in [-0.1, -0.05) is 61.9 Å². The number of fused-ring (bicyclic) bond motifs is 2. The monoisotopic (exact) mass is 530 g/mol. The Morgan fingerprint density at radius 2 is 1.97 bits per heavy atom. The van der Waals surface area contributed by atoms with Crippen molar-refractivity contribution in [3.8, 4) is 0 Å². The number of carbonyl (C=O) groups is 3. The zero-order valence-electron chi connectivity index (χ0n) is 20.4. The quantitative estimate of drug-likeness (QED) is 0.463. The summed E-state index contributed by atoms with van der Waals surface area (Å²) >= 11 is 7.99. The van der Waals surface area contributed by atoms with Crippen molar-refractivity contribution in [1.82, 2.24) is 4.90 Å². The van der Waals surface area contributed by atoms with Crippen LogP contribution in [0.4, 0.5) is 5.69 Å². The zero-order chi connectivity index (χ0) is 25.6. The van der Waals surface area contributed by atoms with Gasteiger partial charge in [0.1, 0.15) is 6.04 Å². The van der Waals surface area contributed by atoms with Gasteiger partial charge in [-0.2, -0.15) is 0 Å². The van der Waals surface area contributed by atoms with Crippen LogP contribution in [0.5, 0.6) is 0 Å². The fourth-order valence-electron chi connectivity index (χ4n) is 6.15. The molecular formula is C27H31ClN2O5S. The Morgan fingerprint density at radius 1 is 1.19 bits per heavy atom. The Labute approximate surface area is 220 Å². The summed E-state index contributed by atoms with van der Waals surface area (Å²) < 4.78 is 4.56. The van der Waals surface area contributed by atoms with Crippen LogP contribution >= 0.6 is 23.4 Å². The Bertz CT molecular complexity index is 1120. The van der Waals surface area contributed by atoms with Gasteiger partial charge < -0.3 is 19.6 Å². The molecule has 5 rings (SSSR count). The summed E-state index contributed by atoms with van der Waals surface area (Å²) in [4.78, 5) is 45.0. The molecule has 6 atom stereocenters. The van der Waals surface area contributed by atoms with E-state index in [0.717, 1.165) is 0 Å². The van der Waals surface area contributed by atoms with Crippen molar-refractivity contribution in [3.05, 3.63) is 53.6 Å². The van der Waals surface area contributed by atoms with Crippen molar-refractivity contribution < 1.29 is 24.2 Å². The number of para-hydroxylation sites is 1. The number of esters is 1. The lowest BCUT2D eigenvalue weighted by atomic mass is 9.78. The molecule has 1 spiro atoms. The minimum absolute atomic E-state index is 0.192. The van der Waals surface area contributed by atoms with E-state index in [2.05, 4.69) is 0 Å². The van der Waals surface area contributed by atoms with Crippen molar-refractivity contribution in [2.45, 2.75) is 48.8 Å². The standard InChI is InChI=1S/C27H31ClN2O5S/c1-16(2)14-17(15-31)30-23-25(33)29(19-9-4-3-8-18(19)28)12-7-11-27(23)22(24(30)32)21-20(36-27)10-5-6-13-35-26(21)34/h3-5,7-11,16-17,20-23,31H,6,12-15H2,1-2H3/t17-,20-,21+,22+,23?,27+/m1/s1. The first-order valence-electron chi connectivity index (χ1n) is 12.5. The summed E-state index contributed by atoms with van der Waals surface area (Å²) in [5.74, 6) is -2.20. The Balaban J connectivity index is 1.66. The lowest BCUT2D eigenvalue weighted by Crippen LogP contribution is -2.57. The first-order chi connectivity index (χ1) is 17.3. The molecule has 1 unspecified atom stereocenters. The summed E-state index contributed by atoms with van der Waals surface area (Å²) in [5.41, 5.74) is 0.569. The predicted octanol–water partition coefficient (Wildman–Crippen LogP) is 3.45. The fourth-order valence-corrected chi connectivity index (χ4v) is 8.37. The van der Waals surface area contributed by atoms with Gasteiger partial charge in [0.05, 0.1) is 46.5 Å². The molecule has 2 fully saturated rings. The summed E-state index contributed by atoms with van der Waals surface area (Å²) in [5, 5.41) is 10.5. The van der Waals surface area contributed by atoms with Gasteiger partial charge in [-0.3, -0.25) is 14.4 Å². The predicted molar refractivity (Wildman–Crippen MR) is 140 cm³/mol. The smallest absolute Gasteiger partial charge is 0.311 e. The number of hydrogen-bond donors (Lipinski definition) is 1. The van der Waals surface area contributed by atoms with E-state index in [9.17, 15) is 19.5 Å². The summed E-state index contributed by atoms with van der Waals surface area (Å²) in [7, 11) is 0. The average molecular weight is 531 g/mol. The maximum absolute atomic E-state index is 14.4. The van der Waals surface area contributed by atoms with Crippen molar-refractivity contribution in [2.75, 3.05) is 24.7 Å². The number of aliphatic hydroxyl groups is 1. The van der Waals surface area contributed by atoms with Crippen LogP contribution < -0.4 is 4.90 Å². The number of ether oxygens (including phenoxy) is 1. The number of cyclic esters (lactones) is 1. The highest BCUT2D eigenvalue weighted by Gasteiger charge is 2.71. The van der Waals surface area contributed by atoms with Crippen molar-refractivity contribution in [2.24, 2.45) is 17.8 Å². The SMILES string of the molecule is CC(C)C[C@H](CO)N1C(=O)[C@@H]2[C@H]3C(=O)OCCC=C[C@H]3S[C@@]23C=CCN(c2ccccc2Cl)C(=O)C13. The second-order valence-corrected chi connectivity index (χ2v) is 12.1. The lowest BCUT2D eigenvalue weighted by molar-refractivity contribution is -0.153. The van der Waals surface area contributed by atoms with Crippen LogP contribution in [0.15, 0.2) is 48.6 Å². The molecule has 2 saturated heterocycles. The molecule has 0 saturated carbocycles. The van der Waals surface area contributed by atoms with E-state index < -0.39 is 34.6 Å². The van der Waals surface area contributed by atoms with E-state index in [0.29, 0.717) is 30.1 Å². The number of amides is 2. The number of likely N-dealkylation sites (tertiary alicyclic amines) is 1. The van der Waals surface area contributed by atoms with Gasteiger partial charge in [-0.25, -0.2) is 0 Å². The number of halogens is 1. The van der Waals surface area contributed by atoms with Crippen LogP contribution in [0.3, 0.4) is 0 Å². The normalized spacial score (nSPS) is 32.5. The maximum Gasteiger partial charge on any atom is 0.311 e. The maximum atomic E-state index is 14.4. The zero-order valence-corrected chi connectivity index (χ0v) is 22.0. The molecule has 4 aliphatic rings. The molecule has 7 nitrogen and oxygen atoms in total. The number of aliphatic hydroxyl groups excluding tert-OH is 1. The summed E-state index contributed by atoms with van der Waals surface area (Å²) in [6, 6.07) is 5.71. The molecule has 0 radical (unpaired) electrons. The van der Waals surface area contributed by atoms with Crippen LogP contribution in [0.1, 0.15) is 26.7 Å². The van der Waals surface area contributed by atoms with E-state index >= 15 is 0 Å². The number of thioether (sulfide) groups is 1. The van der Waals surface area contributed by atoms with Crippen LogP contribution in [0.2, 0.25) is 5.02 Å². The first-order valence-corrected chi connectivity index (χ1v) is 13.7. The minimum atomic E-state index is -0.961. The third-order valence-corrected chi connectivity index (χ3v) is 9.61. The number of nitrogens with zero attached hydrogens (tertiary/aromatic N) is 2. The molecule has 36 heavy (non-hydrogen) atoms. The second kappa shape index (κ2) is 9.88. The van der Waals surface area contributed by atoms with Crippen molar-refractivity contribution >= 4 is 46.8 Å². The number of carbonyl (C=O) groups excluding carboxylic acids is 3. The molecule has 0 aromatic heterocycles. The van der Waals surface area contributed by atoms with Gasteiger partial charge in [0.2, 0.25) is 5.91 Å². The van der Waals surface area contributed by atoms with Crippen LogP contribution in [-0.2, 0) is 19.1 Å². The Morgan fingerprint density at radius 3 is 2.69 bits per heavy atom. The van der Waals surface area contributed by atoms with Crippen LogP contribution in [-0.4, -0.2) is 69.6 Å². The third-order valence-electron chi connectivity index (χ3n) is 7.55. The fraction of sp³-hybridized carbons (Fsp3) is 0.519. The topological polar surface area (TPSA) is 87.2 Å². The second-order valence-electron chi connectivity index (χ2n) is 10.2. The molecule has 4 heterocycles. The number of hydrogen-bond acceptors (Lipinski definition) is 6. The van der Waals surface area contributed by atoms with E-state index in [4.69, 9.17) is 16.3 Å². The molecule has 1 aromatic rings. The van der Waals surface area contributed by atoms with E-state index in [-0.39, 0.29) is 36.2 Å². The largest absolute Gasteiger partial charge is 0.465 e. The lowest BCUT2D eigenvalue weighted by Gasteiger charge is -2.39. The van der Waals surface area contributed by atoms with Gasteiger partial charge in [0.25, 0.3) is 5.91 Å². The molecule has 9 heteroatoms. The van der Waals surface area contributed by atoms with Gasteiger partial charge in [-0.05, 0) is 30.9 Å². The summed E-state index contributed by atoms with van der Waals surface area (Å²) in [6.45, 7) is 4.33. The van der Waals surface area contributed by atoms with Gasteiger partial charge in [0.15, 0.2) is 0 Å². The third kappa shape index (κ3) is 3.98. The Kier molecular flexibility index (Phi) is 6.96. The van der Waals surface area contributed by atoms with Crippen LogP contribution in [0.25, 0.3) is 0 Å². The first kappa shape index (κ1) is 25.4. The van der Waals surface area contributed by atoms with E-state index in [1.165, 1.54) is 11.8 Å². The van der Waals surface area contributed by atoms with Crippen molar-refractivity contribution in [1.29, 1.82) is 0 Å². The minimum Gasteiger partial charge on any atom is -0.465 e. The van der Waals surface area contributed by atoms with Gasteiger partial charge >= 0.3 is 5.97 Å². The molecular weight excluding hydrogens is 500 g/mol. The number of anilines is 1. The molecule has 0 aliphatic carbocycles. The highest BCUT2D eigenvalue weighted by molar-refractivity contribution is 8.02. The molecule has 2 amide bonds.